The molecule has 33 heavy (non-hydrogen) atoms. The Kier molecular flexibility index (Phi) is 5.78. The second kappa shape index (κ2) is 8.24. The Morgan fingerprint density at radius 1 is 1.09 bits per heavy atom. The third-order valence-electron chi connectivity index (χ3n) is 10.3. The van der Waals surface area contributed by atoms with E-state index >= 15 is 0 Å². The normalized spacial score (nSPS) is 30.1. The first-order valence-corrected chi connectivity index (χ1v) is 13.7. The van der Waals surface area contributed by atoms with Gasteiger partial charge in [0, 0.05) is 6.20 Å². The van der Waals surface area contributed by atoms with Gasteiger partial charge in [-0.2, -0.15) is 0 Å². The Morgan fingerprint density at radius 3 is 2.55 bits per heavy atom. The second-order valence-electron chi connectivity index (χ2n) is 13.1. The fourth-order valence-corrected chi connectivity index (χ4v) is 7.27. The molecule has 0 aromatic carbocycles. The summed E-state index contributed by atoms with van der Waals surface area (Å²) in [5, 5.41) is 0. The highest BCUT2D eigenvalue weighted by molar-refractivity contribution is 5.72. The lowest BCUT2D eigenvalue weighted by Crippen LogP contribution is -2.48. The minimum absolute atomic E-state index is 0.133. The Bertz CT molecular complexity index is 1020. The van der Waals surface area contributed by atoms with Gasteiger partial charge in [0.1, 0.15) is 0 Å². The maximum atomic E-state index is 5.20. The maximum Gasteiger partial charge on any atom is 0.0667 e. The van der Waals surface area contributed by atoms with Crippen LogP contribution in [-0.4, -0.2) is 4.98 Å². The highest BCUT2D eigenvalue weighted by Crippen LogP contribution is 2.62. The van der Waals surface area contributed by atoms with E-state index in [9.17, 15) is 0 Å². The number of hydrogen-bond acceptors (Lipinski definition) is 1. The fourth-order valence-electron chi connectivity index (χ4n) is 7.27. The molecule has 178 valence electrons. The van der Waals surface area contributed by atoms with Crippen molar-refractivity contribution >= 4 is 5.57 Å². The lowest BCUT2D eigenvalue weighted by Gasteiger charge is -2.57. The van der Waals surface area contributed by atoms with Crippen LogP contribution < -0.4 is 0 Å². The van der Waals surface area contributed by atoms with Gasteiger partial charge in [-0.3, -0.25) is 4.98 Å². The molecule has 5 aliphatic carbocycles. The lowest BCUT2D eigenvalue weighted by molar-refractivity contribution is 0.0182. The average molecular weight is 444 g/mol. The highest BCUT2D eigenvalue weighted by atomic mass is 14.7. The molecule has 1 aromatic rings. The number of nitrogens with zero attached hydrogens (tertiary/aromatic N) is 1. The van der Waals surface area contributed by atoms with Crippen molar-refractivity contribution in [3.63, 3.8) is 0 Å². The van der Waals surface area contributed by atoms with Crippen molar-refractivity contribution in [1.29, 1.82) is 0 Å². The molecule has 4 atom stereocenters. The maximum absolute atomic E-state index is 5.20. The molecule has 4 unspecified atom stereocenters. The zero-order valence-corrected chi connectivity index (χ0v) is 22.2. The van der Waals surface area contributed by atoms with Crippen LogP contribution in [0.15, 0.2) is 41.6 Å². The van der Waals surface area contributed by atoms with Crippen LogP contribution in [0.2, 0.25) is 0 Å². The Hall–Kier alpha value is -1.63. The summed E-state index contributed by atoms with van der Waals surface area (Å²) in [5.41, 5.74) is 9.88. The molecule has 1 fully saturated rings. The quantitative estimate of drug-likeness (QED) is 0.414. The van der Waals surface area contributed by atoms with Crippen LogP contribution in [0.3, 0.4) is 0 Å². The van der Waals surface area contributed by atoms with E-state index in [1.54, 1.807) is 22.3 Å². The van der Waals surface area contributed by atoms with Crippen LogP contribution in [0.25, 0.3) is 5.57 Å². The molecule has 0 aliphatic heterocycles. The van der Waals surface area contributed by atoms with Crippen molar-refractivity contribution < 1.29 is 0 Å². The third-order valence-corrected chi connectivity index (χ3v) is 10.3. The zero-order chi connectivity index (χ0) is 23.5. The minimum Gasteiger partial charge on any atom is -0.256 e. The molecular weight excluding hydrogens is 398 g/mol. The zero-order valence-electron chi connectivity index (χ0n) is 22.2. The van der Waals surface area contributed by atoms with E-state index in [-0.39, 0.29) is 5.41 Å². The van der Waals surface area contributed by atoms with E-state index in [0.29, 0.717) is 29.1 Å². The summed E-state index contributed by atoms with van der Waals surface area (Å²) >= 11 is 0. The topological polar surface area (TPSA) is 12.9 Å². The van der Waals surface area contributed by atoms with E-state index in [2.05, 4.69) is 79.0 Å². The summed E-state index contributed by atoms with van der Waals surface area (Å²) in [7, 11) is 0. The molecule has 1 aromatic heterocycles. The van der Waals surface area contributed by atoms with Gasteiger partial charge in [-0.1, -0.05) is 72.3 Å². The van der Waals surface area contributed by atoms with Gasteiger partial charge in [0.05, 0.1) is 5.69 Å². The molecule has 1 saturated carbocycles. The van der Waals surface area contributed by atoms with Crippen LogP contribution in [-0.2, 0) is 6.42 Å². The number of pyridine rings is 1. The first kappa shape index (κ1) is 23.1. The van der Waals surface area contributed by atoms with Gasteiger partial charge in [-0.25, -0.2) is 0 Å². The van der Waals surface area contributed by atoms with E-state index in [1.807, 2.05) is 0 Å². The van der Waals surface area contributed by atoms with Crippen LogP contribution >= 0.6 is 0 Å². The van der Waals surface area contributed by atoms with Gasteiger partial charge < -0.3 is 0 Å². The molecule has 0 spiro atoms. The fraction of sp³-hybridized carbons (Fsp3) is 0.656. The predicted octanol–water partition coefficient (Wildman–Crippen LogP) is 8.92. The van der Waals surface area contributed by atoms with Gasteiger partial charge >= 0.3 is 0 Å². The predicted molar refractivity (Wildman–Crippen MR) is 141 cm³/mol. The summed E-state index contributed by atoms with van der Waals surface area (Å²) in [4.78, 5) is 5.20. The summed E-state index contributed by atoms with van der Waals surface area (Å²) in [6, 6.07) is 2.50. The molecule has 6 rings (SSSR count). The Morgan fingerprint density at radius 2 is 1.85 bits per heavy atom. The molecule has 1 heterocycles. The van der Waals surface area contributed by atoms with Gasteiger partial charge in [0.25, 0.3) is 0 Å². The summed E-state index contributed by atoms with van der Waals surface area (Å²) in [5.74, 6) is 3.23. The third kappa shape index (κ3) is 3.78. The molecule has 2 bridgehead atoms. The van der Waals surface area contributed by atoms with Crippen LogP contribution in [0.4, 0.5) is 0 Å². The first-order valence-electron chi connectivity index (χ1n) is 13.7. The van der Waals surface area contributed by atoms with Gasteiger partial charge in [-0.05, 0) is 114 Å². The summed E-state index contributed by atoms with van der Waals surface area (Å²) < 4.78 is 0. The van der Waals surface area contributed by atoms with Crippen molar-refractivity contribution in [3.8, 4) is 0 Å². The smallest absolute Gasteiger partial charge is 0.0667 e. The largest absolute Gasteiger partial charge is 0.256 e. The van der Waals surface area contributed by atoms with E-state index < -0.39 is 0 Å². The van der Waals surface area contributed by atoms with E-state index in [0.717, 1.165) is 5.92 Å². The van der Waals surface area contributed by atoms with Crippen molar-refractivity contribution in [2.45, 2.75) is 99.3 Å². The lowest BCUT2D eigenvalue weighted by atomic mass is 9.47. The van der Waals surface area contributed by atoms with Gasteiger partial charge in [0.15, 0.2) is 0 Å². The second-order valence-corrected chi connectivity index (χ2v) is 13.1. The number of allylic oxidation sites excluding steroid dienone is 6. The summed E-state index contributed by atoms with van der Waals surface area (Å²) in [6.45, 7) is 16.9. The van der Waals surface area contributed by atoms with Crippen molar-refractivity contribution in [2.75, 3.05) is 0 Å². The summed E-state index contributed by atoms with van der Waals surface area (Å²) in [6.07, 6.45) is 19.0. The van der Waals surface area contributed by atoms with Crippen molar-refractivity contribution in [3.05, 3.63) is 58.5 Å². The standard InChI is InChI=1S/C32H45N/c1-20(2)12-13-32(7,21(3)4)29-16-23-11-9-8-10-22(23)15-26(29)30-17-24-14-25-18-28(31(25,5)6)27(24)19-33-30/h12-13,15,17,19-21,25,28-29H,8-11,14,16,18H2,1-7H3. The minimum atomic E-state index is 0.133. The van der Waals surface area contributed by atoms with Crippen molar-refractivity contribution in [1.82, 2.24) is 4.98 Å². The number of rotatable bonds is 5. The number of hydrogen-bond donors (Lipinski definition) is 0. The Labute approximate surface area is 202 Å². The molecular formula is C32H45N. The molecule has 0 N–H and O–H groups in total. The molecule has 0 amide bonds. The molecule has 1 nitrogen and oxygen atoms in total. The monoisotopic (exact) mass is 443 g/mol. The van der Waals surface area contributed by atoms with Crippen LogP contribution in [0.5, 0.6) is 0 Å². The van der Waals surface area contributed by atoms with Crippen LogP contribution in [0, 0.1) is 34.5 Å². The average Bonchev–Trinajstić information content (AvgIpc) is 2.80. The van der Waals surface area contributed by atoms with Gasteiger partial charge in [-0.15, -0.1) is 0 Å². The van der Waals surface area contributed by atoms with Crippen LogP contribution in [0.1, 0.15) is 110 Å². The SMILES string of the molecule is CC(C)C=CC(C)(C(C)C)C1CC2=C(C=C1c1cc3c(cn1)C1CC(C3)C1(C)C)CCCC2. The molecule has 5 aliphatic rings. The Balaban J connectivity index is 1.58. The van der Waals surface area contributed by atoms with E-state index in [4.69, 9.17) is 4.98 Å². The van der Waals surface area contributed by atoms with Gasteiger partial charge in [0.2, 0.25) is 0 Å². The van der Waals surface area contributed by atoms with E-state index in [1.165, 1.54) is 56.2 Å². The molecule has 0 radical (unpaired) electrons. The first-order chi connectivity index (χ1) is 15.6. The molecule has 1 heteroatoms. The molecule has 0 saturated heterocycles. The van der Waals surface area contributed by atoms with Crippen molar-refractivity contribution in [2.24, 2.45) is 34.5 Å². The highest BCUT2D eigenvalue weighted by Gasteiger charge is 2.52. The number of aromatic nitrogens is 1.